The smallest absolute Gasteiger partial charge is 0.122 e. The van der Waals surface area contributed by atoms with Gasteiger partial charge >= 0.3 is 0 Å². The van der Waals surface area contributed by atoms with E-state index in [1.54, 1.807) is 0 Å². The Labute approximate surface area is 121 Å². The van der Waals surface area contributed by atoms with Crippen LogP contribution in [0.25, 0.3) is 0 Å². The van der Waals surface area contributed by atoms with Crippen LogP contribution in [0.3, 0.4) is 0 Å². The van der Waals surface area contributed by atoms with Crippen LogP contribution in [0.15, 0.2) is 18.2 Å². The molecule has 0 aliphatic carbocycles. The Morgan fingerprint density at radius 3 is 3.00 bits per heavy atom. The molecule has 1 aromatic carbocycles. The number of ether oxygens (including phenoxy) is 1. The lowest BCUT2D eigenvalue weighted by Gasteiger charge is -2.24. The minimum atomic E-state index is 0.484. The van der Waals surface area contributed by atoms with Crippen molar-refractivity contribution in [3.63, 3.8) is 0 Å². The molecule has 3 heteroatoms. The molecular weight excluding hydrogens is 258 g/mol. The van der Waals surface area contributed by atoms with E-state index in [2.05, 4.69) is 19.2 Å². The summed E-state index contributed by atoms with van der Waals surface area (Å²) in [6.07, 6.45) is 3.62. The largest absolute Gasteiger partial charge is 0.493 e. The third kappa shape index (κ3) is 4.12. The molecule has 1 aliphatic rings. The monoisotopic (exact) mass is 281 g/mol. The highest BCUT2D eigenvalue weighted by Gasteiger charge is 2.16. The van der Waals surface area contributed by atoms with E-state index in [1.165, 1.54) is 18.4 Å². The Hall–Kier alpha value is -0.730. The van der Waals surface area contributed by atoms with E-state index in [0.717, 1.165) is 36.9 Å². The molecule has 0 amide bonds. The van der Waals surface area contributed by atoms with E-state index >= 15 is 0 Å². The van der Waals surface area contributed by atoms with E-state index < -0.39 is 0 Å². The molecule has 0 spiro atoms. The van der Waals surface area contributed by atoms with Crippen LogP contribution >= 0.6 is 11.6 Å². The first-order valence-electron chi connectivity index (χ1n) is 7.33. The first-order valence-corrected chi connectivity index (χ1v) is 7.71. The predicted octanol–water partition coefficient (Wildman–Crippen LogP) is 4.23. The summed E-state index contributed by atoms with van der Waals surface area (Å²) in [7, 11) is 0. The molecule has 1 N–H and O–H groups in total. The minimum absolute atomic E-state index is 0.484. The Morgan fingerprint density at radius 2 is 2.32 bits per heavy atom. The highest BCUT2D eigenvalue weighted by atomic mass is 35.5. The maximum Gasteiger partial charge on any atom is 0.122 e. The van der Waals surface area contributed by atoms with Crippen molar-refractivity contribution < 1.29 is 4.74 Å². The van der Waals surface area contributed by atoms with Crippen molar-refractivity contribution in [1.29, 1.82) is 0 Å². The van der Waals surface area contributed by atoms with Gasteiger partial charge in [0.2, 0.25) is 0 Å². The molecule has 0 saturated carbocycles. The van der Waals surface area contributed by atoms with Crippen LogP contribution in [0, 0.1) is 5.92 Å². The molecule has 1 fully saturated rings. The standard InChI is InChI=1S/C16H24ClNO/c1-3-12(2)15-9-14(17)6-7-16(15)19-11-13-5-4-8-18-10-13/h6-7,9,12-13,18H,3-5,8,10-11H2,1-2H3/t12-,13-/m1/s1. The number of hydrogen-bond donors (Lipinski definition) is 1. The van der Waals surface area contributed by atoms with Gasteiger partial charge in [-0.1, -0.05) is 25.4 Å². The van der Waals surface area contributed by atoms with Crippen LogP contribution in [0.2, 0.25) is 5.02 Å². The molecule has 0 unspecified atom stereocenters. The molecule has 106 valence electrons. The first kappa shape index (κ1) is 14.7. The number of benzene rings is 1. The fourth-order valence-corrected chi connectivity index (χ4v) is 2.71. The number of nitrogens with one attached hydrogen (secondary N) is 1. The highest BCUT2D eigenvalue weighted by molar-refractivity contribution is 6.30. The summed E-state index contributed by atoms with van der Waals surface area (Å²) in [5, 5.41) is 4.22. The molecule has 19 heavy (non-hydrogen) atoms. The van der Waals surface area contributed by atoms with Gasteiger partial charge in [0.15, 0.2) is 0 Å². The Balaban J connectivity index is 2.02. The summed E-state index contributed by atoms with van der Waals surface area (Å²) in [5.74, 6) is 2.12. The molecule has 1 saturated heterocycles. The molecule has 0 bridgehead atoms. The van der Waals surface area contributed by atoms with Crippen LogP contribution < -0.4 is 10.1 Å². The second-order valence-electron chi connectivity index (χ2n) is 5.51. The number of hydrogen-bond acceptors (Lipinski definition) is 2. The summed E-state index contributed by atoms with van der Waals surface area (Å²) in [6, 6.07) is 5.98. The van der Waals surface area contributed by atoms with Crippen molar-refractivity contribution >= 4 is 11.6 Å². The van der Waals surface area contributed by atoms with Crippen molar-refractivity contribution in [2.45, 2.75) is 39.0 Å². The Bertz CT molecular complexity index is 402. The van der Waals surface area contributed by atoms with E-state index in [9.17, 15) is 0 Å². The van der Waals surface area contributed by atoms with Gasteiger partial charge in [0.05, 0.1) is 6.61 Å². The van der Waals surface area contributed by atoms with Gasteiger partial charge in [0.1, 0.15) is 5.75 Å². The average molecular weight is 282 g/mol. The van der Waals surface area contributed by atoms with Gasteiger partial charge in [-0.3, -0.25) is 0 Å². The van der Waals surface area contributed by atoms with Gasteiger partial charge in [-0.15, -0.1) is 0 Å². The topological polar surface area (TPSA) is 21.3 Å². The van der Waals surface area contributed by atoms with Gasteiger partial charge in [0.25, 0.3) is 0 Å². The minimum Gasteiger partial charge on any atom is -0.493 e. The van der Waals surface area contributed by atoms with Crippen LogP contribution in [0.4, 0.5) is 0 Å². The maximum absolute atomic E-state index is 6.10. The lowest BCUT2D eigenvalue weighted by molar-refractivity contribution is 0.216. The number of rotatable bonds is 5. The quantitative estimate of drug-likeness (QED) is 0.872. The molecule has 2 atom stereocenters. The van der Waals surface area contributed by atoms with Crippen LogP contribution in [0.1, 0.15) is 44.6 Å². The number of halogens is 1. The summed E-state index contributed by atoms with van der Waals surface area (Å²) in [6.45, 7) is 7.45. The normalized spacial score (nSPS) is 21.1. The zero-order chi connectivity index (χ0) is 13.7. The third-order valence-corrected chi connectivity index (χ3v) is 4.22. The van der Waals surface area contributed by atoms with Crippen molar-refractivity contribution in [1.82, 2.24) is 5.32 Å². The molecule has 1 aromatic rings. The summed E-state index contributed by atoms with van der Waals surface area (Å²) in [5.41, 5.74) is 1.23. The van der Waals surface area contributed by atoms with Crippen molar-refractivity contribution in [3.8, 4) is 5.75 Å². The fraction of sp³-hybridized carbons (Fsp3) is 0.625. The highest BCUT2D eigenvalue weighted by Crippen LogP contribution is 2.31. The van der Waals surface area contributed by atoms with E-state index in [0.29, 0.717) is 11.8 Å². The van der Waals surface area contributed by atoms with Crippen molar-refractivity contribution in [3.05, 3.63) is 28.8 Å². The van der Waals surface area contributed by atoms with Gasteiger partial charge in [0, 0.05) is 17.5 Å². The fourth-order valence-electron chi connectivity index (χ4n) is 2.53. The second-order valence-corrected chi connectivity index (χ2v) is 5.95. The Morgan fingerprint density at radius 1 is 1.47 bits per heavy atom. The lowest BCUT2D eigenvalue weighted by atomic mass is 9.97. The second kappa shape index (κ2) is 7.16. The van der Waals surface area contributed by atoms with E-state index in [1.807, 2.05) is 18.2 Å². The molecule has 1 heterocycles. The van der Waals surface area contributed by atoms with Gasteiger partial charge < -0.3 is 10.1 Å². The van der Waals surface area contributed by atoms with Crippen LogP contribution in [-0.4, -0.2) is 19.7 Å². The molecular formula is C16H24ClNO. The average Bonchev–Trinajstić information content (AvgIpc) is 2.46. The summed E-state index contributed by atoms with van der Waals surface area (Å²) in [4.78, 5) is 0. The predicted molar refractivity (Wildman–Crippen MR) is 81.2 cm³/mol. The van der Waals surface area contributed by atoms with E-state index in [-0.39, 0.29) is 0 Å². The van der Waals surface area contributed by atoms with E-state index in [4.69, 9.17) is 16.3 Å². The molecule has 2 nitrogen and oxygen atoms in total. The molecule has 1 aliphatic heterocycles. The van der Waals surface area contributed by atoms with Crippen LogP contribution in [0.5, 0.6) is 5.75 Å². The van der Waals surface area contributed by atoms with Gasteiger partial charge in [-0.25, -0.2) is 0 Å². The zero-order valence-corrected chi connectivity index (χ0v) is 12.7. The molecule has 2 rings (SSSR count). The van der Waals surface area contributed by atoms with Crippen LogP contribution in [-0.2, 0) is 0 Å². The van der Waals surface area contributed by atoms with Crippen molar-refractivity contribution in [2.75, 3.05) is 19.7 Å². The van der Waals surface area contributed by atoms with Gasteiger partial charge in [-0.2, -0.15) is 0 Å². The van der Waals surface area contributed by atoms with Crippen molar-refractivity contribution in [2.24, 2.45) is 5.92 Å². The zero-order valence-electron chi connectivity index (χ0n) is 11.9. The SMILES string of the molecule is CC[C@@H](C)c1cc(Cl)ccc1OC[C@@H]1CCCNC1. The maximum atomic E-state index is 6.10. The third-order valence-electron chi connectivity index (χ3n) is 3.99. The molecule has 0 aromatic heterocycles. The summed E-state index contributed by atoms with van der Waals surface area (Å²) >= 11 is 6.10. The summed E-state index contributed by atoms with van der Waals surface area (Å²) < 4.78 is 6.06. The Kier molecular flexibility index (Phi) is 5.53. The van der Waals surface area contributed by atoms with Gasteiger partial charge in [-0.05, 0) is 55.5 Å². The lowest BCUT2D eigenvalue weighted by Crippen LogP contribution is -2.33. The number of piperidine rings is 1. The first-order chi connectivity index (χ1) is 9.20. The molecule has 0 radical (unpaired) electrons.